The van der Waals surface area contributed by atoms with E-state index in [1.807, 2.05) is 24.3 Å². The Labute approximate surface area is 200 Å². The Balaban J connectivity index is 1.43. The van der Waals surface area contributed by atoms with Crippen LogP contribution in [0.25, 0.3) is 0 Å². The maximum atomic E-state index is 13.0. The Bertz CT molecular complexity index is 1060. The van der Waals surface area contributed by atoms with Crippen LogP contribution in [0.2, 0.25) is 0 Å². The zero-order valence-electron chi connectivity index (χ0n) is 19.8. The summed E-state index contributed by atoms with van der Waals surface area (Å²) < 4.78 is 21.8. The van der Waals surface area contributed by atoms with E-state index in [1.54, 1.807) is 38.7 Å². The minimum atomic E-state index is -0.218. The Hall–Kier alpha value is -3.65. The van der Waals surface area contributed by atoms with Crippen LogP contribution >= 0.6 is 0 Å². The van der Waals surface area contributed by atoms with Crippen molar-refractivity contribution in [2.75, 3.05) is 59.0 Å². The van der Waals surface area contributed by atoms with Gasteiger partial charge in [0.1, 0.15) is 11.5 Å². The van der Waals surface area contributed by atoms with Crippen molar-refractivity contribution < 1.29 is 23.4 Å². The fourth-order valence-electron chi connectivity index (χ4n) is 4.33. The predicted octanol–water partition coefficient (Wildman–Crippen LogP) is 3.60. The molecule has 0 aliphatic carbocycles. The number of rotatable bonds is 9. The first-order valence-electron chi connectivity index (χ1n) is 11.3. The molecule has 1 amide bonds. The number of furan rings is 1. The maximum absolute atomic E-state index is 13.0. The van der Waals surface area contributed by atoms with Gasteiger partial charge in [0.25, 0.3) is 5.91 Å². The normalized spacial score (nSPS) is 15.0. The summed E-state index contributed by atoms with van der Waals surface area (Å²) in [6, 6.07) is 17.2. The first-order valence-corrected chi connectivity index (χ1v) is 11.3. The number of amides is 1. The molecule has 2 aromatic carbocycles. The van der Waals surface area contributed by atoms with E-state index in [0.29, 0.717) is 23.6 Å². The monoisotopic (exact) mass is 465 g/mol. The Morgan fingerprint density at radius 3 is 2.32 bits per heavy atom. The van der Waals surface area contributed by atoms with Gasteiger partial charge in [-0.3, -0.25) is 9.69 Å². The van der Waals surface area contributed by atoms with E-state index >= 15 is 0 Å². The van der Waals surface area contributed by atoms with E-state index < -0.39 is 0 Å². The molecule has 8 nitrogen and oxygen atoms in total. The highest BCUT2D eigenvalue weighted by Gasteiger charge is 2.28. The molecule has 0 spiro atoms. The number of piperazine rings is 1. The summed E-state index contributed by atoms with van der Waals surface area (Å²) >= 11 is 0. The molecule has 0 bridgehead atoms. The highest BCUT2D eigenvalue weighted by atomic mass is 16.5. The summed E-state index contributed by atoms with van der Waals surface area (Å²) in [6.07, 6.45) is 1.67. The third-order valence-electron chi connectivity index (χ3n) is 6.17. The number of carbonyl (C=O) groups excluding carboxylic acids is 1. The molecule has 1 N–H and O–H groups in total. The number of benzene rings is 2. The van der Waals surface area contributed by atoms with Crippen molar-refractivity contribution in [2.45, 2.75) is 6.04 Å². The van der Waals surface area contributed by atoms with Crippen LogP contribution in [0.5, 0.6) is 17.2 Å². The number of ether oxygens (including phenoxy) is 3. The second-order valence-electron chi connectivity index (χ2n) is 8.00. The van der Waals surface area contributed by atoms with Crippen LogP contribution in [-0.2, 0) is 0 Å². The molecule has 1 fully saturated rings. The van der Waals surface area contributed by atoms with Gasteiger partial charge in [0, 0.05) is 38.4 Å². The molecule has 3 aromatic rings. The summed E-state index contributed by atoms with van der Waals surface area (Å²) in [5.74, 6) is 2.40. The molecule has 4 rings (SSSR count). The van der Waals surface area contributed by atoms with Gasteiger partial charge >= 0.3 is 0 Å². The van der Waals surface area contributed by atoms with Gasteiger partial charge in [0.05, 0.1) is 39.2 Å². The highest BCUT2D eigenvalue weighted by Crippen LogP contribution is 2.31. The molecule has 1 aliphatic heterocycles. The Morgan fingerprint density at radius 2 is 1.71 bits per heavy atom. The van der Waals surface area contributed by atoms with E-state index in [4.69, 9.17) is 18.6 Å². The summed E-state index contributed by atoms with van der Waals surface area (Å²) in [4.78, 5) is 17.7. The van der Waals surface area contributed by atoms with Gasteiger partial charge in [0.2, 0.25) is 0 Å². The summed E-state index contributed by atoms with van der Waals surface area (Å²) in [5, 5.41) is 3.06. The molecule has 8 heteroatoms. The number of nitrogens with one attached hydrogen (secondary N) is 1. The second-order valence-corrected chi connectivity index (χ2v) is 8.00. The van der Waals surface area contributed by atoms with E-state index in [0.717, 1.165) is 37.7 Å². The lowest BCUT2D eigenvalue weighted by Gasteiger charge is -2.39. The molecule has 34 heavy (non-hydrogen) atoms. The summed E-state index contributed by atoms with van der Waals surface area (Å²) in [5.41, 5.74) is 1.61. The number of nitrogens with zero attached hydrogens (tertiary/aromatic N) is 2. The van der Waals surface area contributed by atoms with E-state index in [1.165, 1.54) is 12.8 Å². The highest BCUT2D eigenvalue weighted by molar-refractivity contribution is 5.97. The third-order valence-corrected chi connectivity index (χ3v) is 6.17. The van der Waals surface area contributed by atoms with E-state index in [9.17, 15) is 4.79 Å². The largest absolute Gasteiger partial charge is 0.497 e. The fourth-order valence-corrected chi connectivity index (χ4v) is 4.33. The minimum Gasteiger partial charge on any atom is -0.497 e. The summed E-state index contributed by atoms with van der Waals surface area (Å²) in [7, 11) is 4.76. The number of hydrogen-bond acceptors (Lipinski definition) is 7. The fraction of sp³-hybridized carbons (Fsp3) is 0.346. The van der Waals surface area contributed by atoms with Gasteiger partial charge < -0.3 is 28.8 Å². The standard InChI is InChI=1S/C26H31N3O5/c1-31-20-11-9-19(10-12-20)28-13-15-29(16-14-28)22(23-8-5-17-34-23)18-27-26(30)21-6-4-7-24(32-2)25(21)33-3/h4-12,17,22H,13-16,18H2,1-3H3,(H,27,30). The number of para-hydroxylation sites is 1. The number of anilines is 1. The van der Waals surface area contributed by atoms with Crippen LogP contribution in [0.1, 0.15) is 22.2 Å². The molecule has 0 saturated carbocycles. The van der Waals surface area contributed by atoms with Crippen molar-refractivity contribution in [1.82, 2.24) is 10.2 Å². The topological polar surface area (TPSA) is 76.4 Å². The van der Waals surface area contributed by atoms with E-state index in [-0.39, 0.29) is 11.9 Å². The molecule has 1 unspecified atom stereocenters. The van der Waals surface area contributed by atoms with Gasteiger partial charge in [-0.2, -0.15) is 0 Å². The lowest BCUT2D eigenvalue weighted by molar-refractivity contribution is 0.0919. The smallest absolute Gasteiger partial charge is 0.255 e. The maximum Gasteiger partial charge on any atom is 0.255 e. The summed E-state index contributed by atoms with van der Waals surface area (Å²) in [6.45, 7) is 3.85. The molecule has 0 radical (unpaired) electrons. The predicted molar refractivity (Wildman–Crippen MR) is 130 cm³/mol. The zero-order chi connectivity index (χ0) is 23.9. The molecule has 1 aliphatic rings. The van der Waals surface area contributed by atoms with Gasteiger partial charge in [-0.05, 0) is 48.5 Å². The van der Waals surface area contributed by atoms with Gasteiger partial charge in [-0.1, -0.05) is 6.07 Å². The minimum absolute atomic E-state index is 0.0754. The molecule has 1 aromatic heterocycles. The molecule has 2 heterocycles. The van der Waals surface area contributed by atoms with Crippen LogP contribution in [0.15, 0.2) is 65.3 Å². The van der Waals surface area contributed by atoms with Crippen molar-refractivity contribution in [1.29, 1.82) is 0 Å². The molecular formula is C26H31N3O5. The van der Waals surface area contributed by atoms with Gasteiger partial charge in [0.15, 0.2) is 11.5 Å². The molecule has 1 atom stereocenters. The average molecular weight is 466 g/mol. The van der Waals surface area contributed by atoms with Crippen LogP contribution < -0.4 is 24.4 Å². The number of methoxy groups -OCH3 is 3. The van der Waals surface area contributed by atoms with E-state index in [2.05, 4.69) is 27.2 Å². The Morgan fingerprint density at radius 1 is 0.941 bits per heavy atom. The molecule has 180 valence electrons. The van der Waals surface area contributed by atoms with Crippen molar-refractivity contribution in [2.24, 2.45) is 0 Å². The average Bonchev–Trinajstić information content (AvgIpc) is 3.43. The van der Waals surface area contributed by atoms with Crippen molar-refractivity contribution in [3.05, 3.63) is 72.2 Å². The second kappa shape index (κ2) is 11.0. The van der Waals surface area contributed by atoms with Crippen LogP contribution in [-0.4, -0.2) is 64.9 Å². The number of hydrogen-bond donors (Lipinski definition) is 1. The zero-order valence-corrected chi connectivity index (χ0v) is 19.8. The van der Waals surface area contributed by atoms with Gasteiger partial charge in [-0.25, -0.2) is 0 Å². The van der Waals surface area contributed by atoms with Crippen LogP contribution in [0.3, 0.4) is 0 Å². The van der Waals surface area contributed by atoms with Crippen molar-refractivity contribution in [3.63, 3.8) is 0 Å². The first kappa shape index (κ1) is 23.5. The molecular weight excluding hydrogens is 434 g/mol. The third kappa shape index (κ3) is 5.12. The lowest BCUT2D eigenvalue weighted by Crippen LogP contribution is -2.49. The Kier molecular flexibility index (Phi) is 7.59. The quantitative estimate of drug-likeness (QED) is 0.517. The van der Waals surface area contributed by atoms with Gasteiger partial charge in [-0.15, -0.1) is 0 Å². The SMILES string of the molecule is COc1ccc(N2CCN(C(CNC(=O)c3cccc(OC)c3OC)c3ccco3)CC2)cc1. The first-order chi connectivity index (χ1) is 16.6. The van der Waals surface area contributed by atoms with Crippen LogP contribution in [0.4, 0.5) is 5.69 Å². The number of carbonyl (C=O) groups is 1. The van der Waals surface area contributed by atoms with Crippen molar-refractivity contribution >= 4 is 11.6 Å². The molecule has 1 saturated heterocycles. The lowest BCUT2D eigenvalue weighted by atomic mass is 10.1. The van der Waals surface area contributed by atoms with Crippen molar-refractivity contribution in [3.8, 4) is 17.2 Å². The van der Waals surface area contributed by atoms with Crippen LogP contribution in [0, 0.1) is 0 Å².